The number of nitrogens with one attached hydrogen (secondary N) is 2. The Labute approximate surface area is 152 Å². The van der Waals surface area contributed by atoms with Crippen LogP contribution in [0.4, 0.5) is 0 Å². The van der Waals surface area contributed by atoms with Gasteiger partial charge in [-0.05, 0) is 57.3 Å². The number of amides is 1. The molecule has 3 aliphatic rings. The zero-order valence-electron chi connectivity index (χ0n) is 16.1. The van der Waals surface area contributed by atoms with Crippen molar-refractivity contribution in [3.8, 4) is 0 Å². The Bertz CT molecular complexity index is 464. The van der Waals surface area contributed by atoms with Crippen molar-refractivity contribution in [2.24, 2.45) is 22.7 Å². The van der Waals surface area contributed by atoms with Gasteiger partial charge >= 0.3 is 0 Å². The van der Waals surface area contributed by atoms with Gasteiger partial charge in [0.25, 0.3) is 0 Å². The number of carbonyl (C=O) groups is 1. The van der Waals surface area contributed by atoms with Crippen molar-refractivity contribution in [2.75, 3.05) is 46.3 Å². The zero-order chi connectivity index (χ0) is 17.8. The third kappa shape index (κ3) is 5.59. The van der Waals surface area contributed by atoms with Crippen LogP contribution in [0.15, 0.2) is 4.99 Å². The number of rotatable bonds is 7. The molecule has 0 aromatic heterocycles. The lowest BCUT2D eigenvalue weighted by Gasteiger charge is -2.36. The molecule has 0 spiro atoms. The molecule has 6 nitrogen and oxygen atoms in total. The number of guanidine groups is 1. The van der Waals surface area contributed by atoms with Gasteiger partial charge in [0, 0.05) is 45.8 Å². The number of piperazine rings is 1. The maximum Gasteiger partial charge on any atom is 0.234 e. The van der Waals surface area contributed by atoms with E-state index < -0.39 is 0 Å². The number of hydrogen-bond donors (Lipinski definition) is 2. The van der Waals surface area contributed by atoms with Crippen molar-refractivity contribution >= 4 is 11.9 Å². The maximum atomic E-state index is 11.9. The lowest BCUT2D eigenvalue weighted by molar-refractivity contribution is -0.123. The summed E-state index contributed by atoms with van der Waals surface area (Å²) in [5.41, 5.74) is 0. The highest BCUT2D eigenvalue weighted by molar-refractivity contribution is 5.80. The summed E-state index contributed by atoms with van der Waals surface area (Å²) in [5, 5.41) is 6.61. The Kier molecular flexibility index (Phi) is 6.20. The summed E-state index contributed by atoms with van der Waals surface area (Å²) in [5.74, 6) is 3.96. The van der Waals surface area contributed by atoms with Gasteiger partial charge in [0.05, 0.1) is 6.54 Å². The van der Waals surface area contributed by atoms with Crippen LogP contribution in [-0.4, -0.2) is 74.0 Å². The van der Waals surface area contributed by atoms with Gasteiger partial charge in [-0.15, -0.1) is 0 Å². The predicted molar refractivity (Wildman–Crippen MR) is 102 cm³/mol. The van der Waals surface area contributed by atoms with Crippen LogP contribution >= 0.6 is 0 Å². The quantitative estimate of drug-likeness (QED) is 0.535. The summed E-state index contributed by atoms with van der Waals surface area (Å²) in [4.78, 5) is 21.0. The molecule has 1 amide bonds. The van der Waals surface area contributed by atoms with Crippen molar-refractivity contribution in [1.29, 1.82) is 0 Å². The summed E-state index contributed by atoms with van der Waals surface area (Å²) in [7, 11) is 1.88. The SMILES string of the molecule is CN=C(NCC(C1CC1)C1CC1)N1CCN(CC(=O)NC(C)C)CC1. The van der Waals surface area contributed by atoms with E-state index in [0.29, 0.717) is 6.54 Å². The monoisotopic (exact) mass is 349 g/mol. The average molecular weight is 350 g/mol. The molecule has 25 heavy (non-hydrogen) atoms. The van der Waals surface area contributed by atoms with Crippen LogP contribution in [0.5, 0.6) is 0 Å². The second kappa shape index (κ2) is 8.39. The third-order valence-corrected chi connectivity index (χ3v) is 5.65. The van der Waals surface area contributed by atoms with Gasteiger partial charge in [-0.2, -0.15) is 0 Å². The normalized spacial score (nSPS) is 22.6. The van der Waals surface area contributed by atoms with E-state index >= 15 is 0 Å². The van der Waals surface area contributed by atoms with Gasteiger partial charge in [-0.3, -0.25) is 14.7 Å². The molecule has 0 aromatic carbocycles. The Morgan fingerprint density at radius 3 is 2.16 bits per heavy atom. The van der Waals surface area contributed by atoms with E-state index in [2.05, 4.69) is 25.4 Å². The largest absolute Gasteiger partial charge is 0.356 e. The van der Waals surface area contributed by atoms with Crippen LogP contribution in [-0.2, 0) is 4.79 Å². The second-order valence-electron chi connectivity index (χ2n) is 8.25. The van der Waals surface area contributed by atoms with Gasteiger partial charge in [0.1, 0.15) is 0 Å². The first-order valence-corrected chi connectivity index (χ1v) is 10.0. The van der Waals surface area contributed by atoms with E-state index in [-0.39, 0.29) is 11.9 Å². The lowest BCUT2D eigenvalue weighted by atomic mass is 9.98. The van der Waals surface area contributed by atoms with Gasteiger partial charge < -0.3 is 15.5 Å². The Balaban J connectivity index is 1.40. The first-order valence-electron chi connectivity index (χ1n) is 10.0. The van der Waals surface area contributed by atoms with E-state index in [9.17, 15) is 4.79 Å². The predicted octanol–water partition coefficient (Wildman–Crippen LogP) is 1.14. The molecule has 6 heteroatoms. The minimum absolute atomic E-state index is 0.127. The molecule has 3 rings (SSSR count). The average Bonchev–Trinajstić information content (AvgIpc) is 3.46. The molecule has 2 N–H and O–H groups in total. The van der Waals surface area contributed by atoms with Gasteiger partial charge in [-0.25, -0.2) is 0 Å². The highest BCUT2D eigenvalue weighted by atomic mass is 16.2. The first kappa shape index (κ1) is 18.5. The van der Waals surface area contributed by atoms with E-state index in [1.165, 1.54) is 25.7 Å². The Hall–Kier alpha value is -1.30. The van der Waals surface area contributed by atoms with Crippen LogP contribution in [0.25, 0.3) is 0 Å². The molecule has 0 aromatic rings. The Morgan fingerprint density at radius 2 is 1.68 bits per heavy atom. The molecular formula is C19H35N5O. The van der Waals surface area contributed by atoms with Crippen LogP contribution in [0.2, 0.25) is 0 Å². The van der Waals surface area contributed by atoms with Crippen LogP contribution in [0, 0.1) is 17.8 Å². The molecule has 0 radical (unpaired) electrons. The molecule has 3 fully saturated rings. The fourth-order valence-electron chi connectivity index (χ4n) is 4.00. The minimum Gasteiger partial charge on any atom is -0.356 e. The fraction of sp³-hybridized carbons (Fsp3) is 0.895. The van der Waals surface area contributed by atoms with Crippen LogP contribution in [0.1, 0.15) is 39.5 Å². The van der Waals surface area contributed by atoms with Crippen LogP contribution < -0.4 is 10.6 Å². The number of aliphatic imine (C=N–C) groups is 1. The van der Waals surface area contributed by atoms with Crippen molar-refractivity contribution in [3.05, 3.63) is 0 Å². The van der Waals surface area contributed by atoms with Crippen molar-refractivity contribution in [1.82, 2.24) is 20.4 Å². The minimum atomic E-state index is 0.127. The van der Waals surface area contributed by atoms with E-state index in [1.807, 2.05) is 20.9 Å². The number of carbonyl (C=O) groups excluding carboxylic acids is 1. The fourth-order valence-corrected chi connectivity index (χ4v) is 4.00. The number of nitrogens with zero attached hydrogens (tertiary/aromatic N) is 3. The highest BCUT2D eigenvalue weighted by Gasteiger charge is 2.41. The van der Waals surface area contributed by atoms with Crippen molar-refractivity contribution < 1.29 is 4.79 Å². The van der Waals surface area contributed by atoms with Crippen molar-refractivity contribution in [2.45, 2.75) is 45.6 Å². The zero-order valence-corrected chi connectivity index (χ0v) is 16.1. The van der Waals surface area contributed by atoms with E-state index in [1.54, 1.807) is 0 Å². The molecule has 0 bridgehead atoms. The summed E-state index contributed by atoms with van der Waals surface area (Å²) < 4.78 is 0. The van der Waals surface area contributed by atoms with Gasteiger partial charge in [-0.1, -0.05) is 0 Å². The van der Waals surface area contributed by atoms with E-state index in [4.69, 9.17) is 0 Å². The molecule has 1 saturated heterocycles. The smallest absolute Gasteiger partial charge is 0.234 e. The maximum absolute atomic E-state index is 11.9. The molecule has 0 atom stereocenters. The summed E-state index contributed by atoms with van der Waals surface area (Å²) in [6, 6.07) is 0.211. The standard InChI is InChI=1S/C19H35N5O/c1-14(2)22-18(25)13-23-8-10-24(11-9-23)19(20-3)21-12-17(15-4-5-15)16-6-7-16/h14-17H,4-13H2,1-3H3,(H,20,21)(H,22,25). The summed E-state index contributed by atoms with van der Waals surface area (Å²) in [6.07, 6.45) is 5.72. The molecule has 2 aliphatic carbocycles. The molecular weight excluding hydrogens is 314 g/mol. The van der Waals surface area contributed by atoms with Gasteiger partial charge in [0.2, 0.25) is 5.91 Å². The highest BCUT2D eigenvalue weighted by Crippen LogP contribution is 2.48. The number of hydrogen-bond acceptors (Lipinski definition) is 3. The third-order valence-electron chi connectivity index (χ3n) is 5.65. The summed E-state index contributed by atoms with van der Waals surface area (Å²) in [6.45, 7) is 9.30. The Morgan fingerprint density at radius 1 is 1.08 bits per heavy atom. The van der Waals surface area contributed by atoms with Crippen molar-refractivity contribution in [3.63, 3.8) is 0 Å². The van der Waals surface area contributed by atoms with E-state index in [0.717, 1.165) is 56.4 Å². The summed E-state index contributed by atoms with van der Waals surface area (Å²) >= 11 is 0. The second-order valence-corrected chi connectivity index (χ2v) is 8.25. The first-order chi connectivity index (χ1) is 12.1. The molecule has 1 heterocycles. The van der Waals surface area contributed by atoms with Crippen LogP contribution in [0.3, 0.4) is 0 Å². The topological polar surface area (TPSA) is 60.0 Å². The molecule has 0 unspecified atom stereocenters. The molecule has 2 saturated carbocycles. The lowest BCUT2D eigenvalue weighted by Crippen LogP contribution is -2.54. The van der Waals surface area contributed by atoms with Gasteiger partial charge in [0.15, 0.2) is 5.96 Å². The molecule has 142 valence electrons. The molecule has 1 aliphatic heterocycles.